The van der Waals surface area contributed by atoms with Gasteiger partial charge in [0.2, 0.25) is 0 Å². The average Bonchev–Trinajstić information content (AvgIpc) is 3.16. The first kappa shape index (κ1) is 11.4. The van der Waals surface area contributed by atoms with Crippen LogP contribution < -0.4 is 0 Å². The summed E-state index contributed by atoms with van der Waals surface area (Å²) in [4.78, 5) is 23.2. The summed E-state index contributed by atoms with van der Waals surface area (Å²) in [7, 11) is 4.18. The first-order valence-electron chi connectivity index (χ1n) is 5.34. The minimum absolute atomic E-state index is 0.283. The molecule has 2 fully saturated rings. The Labute approximate surface area is 94.0 Å². The molecule has 2 saturated carbocycles. The van der Waals surface area contributed by atoms with Gasteiger partial charge >= 0.3 is 11.9 Å². The van der Waals surface area contributed by atoms with E-state index in [0.29, 0.717) is 0 Å². The van der Waals surface area contributed by atoms with E-state index in [1.807, 2.05) is 0 Å². The lowest BCUT2D eigenvalue weighted by Crippen LogP contribution is -2.25. The monoisotopic (exact) mass is 228 g/mol. The highest BCUT2D eigenvalue weighted by Crippen LogP contribution is 2.65. The van der Waals surface area contributed by atoms with E-state index in [0.717, 1.165) is 12.8 Å². The Morgan fingerprint density at radius 2 is 1.44 bits per heavy atom. The first-order valence-corrected chi connectivity index (χ1v) is 5.34. The molecule has 2 aliphatic rings. The number of carbonyl (C=O) groups is 2. The second-order valence-electron chi connectivity index (χ2n) is 4.33. The predicted octanol–water partition coefficient (Wildman–Crippen LogP) is 0.374. The molecule has 5 heteroatoms. The van der Waals surface area contributed by atoms with Gasteiger partial charge in [-0.2, -0.15) is 0 Å². The van der Waals surface area contributed by atoms with Gasteiger partial charge in [0.15, 0.2) is 0 Å². The Balaban J connectivity index is 2.22. The number of methoxy groups -OCH3 is 3. The lowest BCUT2D eigenvalue weighted by atomic mass is 10.1. The smallest absolute Gasteiger partial charge is 0.312 e. The van der Waals surface area contributed by atoms with Gasteiger partial charge in [0.25, 0.3) is 0 Å². The number of ether oxygens (including phenoxy) is 3. The van der Waals surface area contributed by atoms with Crippen molar-refractivity contribution in [2.75, 3.05) is 21.3 Å². The number of hydrogen-bond donors (Lipinski definition) is 0. The van der Waals surface area contributed by atoms with Gasteiger partial charge < -0.3 is 14.2 Å². The summed E-state index contributed by atoms with van der Waals surface area (Å²) < 4.78 is 14.9. The standard InChI is InChI=1S/C11H16O5/c1-14-9(12)7-8(10(13)15-2)11(7,16-3)6-4-5-6/h6-8H,4-5H2,1-3H3/t7-,8+,11?. The maximum absolute atomic E-state index is 11.6. The number of esters is 2. The van der Waals surface area contributed by atoms with Crippen LogP contribution in [0.2, 0.25) is 0 Å². The molecule has 0 aromatic rings. The Kier molecular flexibility index (Phi) is 2.66. The van der Waals surface area contributed by atoms with Crippen molar-refractivity contribution in [1.82, 2.24) is 0 Å². The largest absolute Gasteiger partial charge is 0.469 e. The van der Waals surface area contributed by atoms with Gasteiger partial charge in [0.1, 0.15) is 11.8 Å². The highest BCUT2D eigenvalue weighted by atomic mass is 16.6. The minimum atomic E-state index is -0.666. The second-order valence-corrected chi connectivity index (χ2v) is 4.33. The summed E-state index contributed by atoms with van der Waals surface area (Å²) >= 11 is 0. The summed E-state index contributed by atoms with van der Waals surface area (Å²) in [5, 5.41) is 0. The third-order valence-corrected chi connectivity index (χ3v) is 3.68. The van der Waals surface area contributed by atoms with Crippen LogP contribution in [0.5, 0.6) is 0 Å². The molecule has 0 spiro atoms. The molecule has 0 aliphatic heterocycles. The fraction of sp³-hybridized carbons (Fsp3) is 0.818. The van der Waals surface area contributed by atoms with Crippen molar-refractivity contribution in [2.24, 2.45) is 17.8 Å². The van der Waals surface area contributed by atoms with E-state index < -0.39 is 17.4 Å². The van der Waals surface area contributed by atoms with E-state index in [1.54, 1.807) is 0 Å². The van der Waals surface area contributed by atoms with Gasteiger partial charge in [-0.3, -0.25) is 9.59 Å². The zero-order valence-corrected chi connectivity index (χ0v) is 9.69. The van der Waals surface area contributed by atoms with E-state index in [2.05, 4.69) is 0 Å². The molecule has 0 radical (unpaired) electrons. The molecule has 2 aliphatic carbocycles. The SMILES string of the molecule is COC(=O)[C@@H]1[C@H](C(=O)OC)C1(OC)C1CC1. The van der Waals surface area contributed by atoms with Crippen LogP contribution in [0.3, 0.4) is 0 Å². The quantitative estimate of drug-likeness (QED) is 0.651. The predicted molar refractivity (Wildman–Crippen MR) is 53.5 cm³/mol. The zero-order valence-electron chi connectivity index (χ0n) is 9.69. The molecule has 1 unspecified atom stereocenters. The molecule has 0 amide bonds. The summed E-state index contributed by atoms with van der Waals surface area (Å²) in [6, 6.07) is 0. The fourth-order valence-corrected chi connectivity index (χ4v) is 2.74. The molecule has 0 aromatic carbocycles. The Hall–Kier alpha value is -1.10. The van der Waals surface area contributed by atoms with Gasteiger partial charge in [0.05, 0.1) is 19.8 Å². The van der Waals surface area contributed by atoms with Crippen LogP contribution in [0.15, 0.2) is 0 Å². The van der Waals surface area contributed by atoms with Crippen molar-refractivity contribution in [2.45, 2.75) is 18.4 Å². The molecule has 0 heterocycles. The van der Waals surface area contributed by atoms with Crippen LogP contribution in [-0.4, -0.2) is 38.9 Å². The highest BCUT2D eigenvalue weighted by molar-refractivity contribution is 5.91. The van der Waals surface area contributed by atoms with Gasteiger partial charge in [-0.1, -0.05) is 0 Å². The molecule has 3 atom stereocenters. The Bertz CT molecular complexity index is 298. The van der Waals surface area contributed by atoms with Gasteiger partial charge in [0, 0.05) is 7.11 Å². The molecule has 0 N–H and O–H groups in total. The van der Waals surface area contributed by atoms with Crippen molar-refractivity contribution in [3.63, 3.8) is 0 Å². The van der Waals surface area contributed by atoms with Crippen molar-refractivity contribution in [1.29, 1.82) is 0 Å². The van der Waals surface area contributed by atoms with Crippen LogP contribution >= 0.6 is 0 Å². The van der Waals surface area contributed by atoms with E-state index in [4.69, 9.17) is 14.2 Å². The summed E-state index contributed by atoms with van der Waals surface area (Å²) in [6.45, 7) is 0. The summed E-state index contributed by atoms with van der Waals surface area (Å²) in [5.41, 5.74) is -0.666. The first-order chi connectivity index (χ1) is 7.63. The van der Waals surface area contributed by atoms with Crippen LogP contribution in [0, 0.1) is 17.8 Å². The fourth-order valence-electron chi connectivity index (χ4n) is 2.74. The van der Waals surface area contributed by atoms with E-state index in [9.17, 15) is 9.59 Å². The van der Waals surface area contributed by atoms with Crippen molar-refractivity contribution < 1.29 is 23.8 Å². The van der Waals surface area contributed by atoms with E-state index in [-0.39, 0.29) is 17.9 Å². The third kappa shape index (κ3) is 1.34. The maximum atomic E-state index is 11.6. The highest BCUT2D eigenvalue weighted by Gasteiger charge is 2.78. The lowest BCUT2D eigenvalue weighted by molar-refractivity contribution is -0.148. The molecule has 5 nitrogen and oxygen atoms in total. The van der Waals surface area contributed by atoms with Crippen LogP contribution in [0.4, 0.5) is 0 Å². The van der Waals surface area contributed by atoms with E-state index in [1.165, 1.54) is 21.3 Å². The zero-order chi connectivity index (χ0) is 11.9. The second kappa shape index (κ2) is 3.73. The van der Waals surface area contributed by atoms with Crippen LogP contribution in [-0.2, 0) is 23.8 Å². The number of rotatable bonds is 4. The molecule has 0 bridgehead atoms. The van der Waals surface area contributed by atoms with Crippen molar-refractivity contribution in [3.8, 4) is 0 Å². The molecule has 2 rings (SSSR count). The van der Waals surface area contributed by atoms with Crippen LogP contribution in [0.25, 0.3) is 0 Å². The Morgan fingerprint density at radius 1 is 1.00 bits per heavy atom. The van der Waals surface area contributed by atoms with Crippen molar-refractivity contribution >= 4 is 11.9 Å². The molecule has 90 valence electrons. The lowest BCUT2D eigenvalue weighted by Gasteiger charge is -2.14. The molecular formula is C11H16O5. The number of hydrogen-bond acceptors (Lipinski definition) is 5. The minimum Gasteiger partial charge on any atom is -0.469 e. The van der Waals surface area contributed by atoms with Gasteiger partial charge in [-0.05, 0) is 18.8 Å². The van der Waals surface area contributed by atoms with E-state index >= 15 is 0 Å². The van der Waals surface area contributed by atoms with Crippen molar-refractivity contribution in [3.05, 3.63) is 0 Å². The van der Waals surface area contributed by atoms with Gasteiger partial charge in [-0.15, -0.1) is 0 Å². The maximum Gasteiger partial charge on any atom is 0.312 e. The third-order valence-electron chi connectivity index (χ3n) is 3.68. The number of carbonyl (C=O) groups excluding carboxylic acids is 2. The summed E-state index contributed by atoms with van der Waals surface area (Å²) in [5.74, 6) is -1.48. The summed E-state index contributed by atoms with van der Waals surface area (Å²) in [6.07, 6.45) is 1.99. The molecule has 0 aromatic heterocycles. The average molecular weight is 228 g/mol. The normalized spacial score (nSPS) is 36.7. The topological polar surface area (TPSA) is 61.8 Å². The molecule has 0 saturated heterocycles. The molecule has 16 heavy (non-hydrogen) atoms. The van der Waals surface area contributed by atoms with Gasteiger partial charge in [-0.25, -0.2) is 0 Å². The Morgan fingerprint density at radius 3 is 1.69 bits per heavy atom. The van der Waals surface area contributed by atoms with Crippen LogP contribution in [0.1, 0.15) is 12.8 Å². The molecular weight excluding hydrogens is 212 g/mol.